The largest absolute Gasteiger partial charge is 0 e. The molecule has 0 aliphatic carbocycles. The van der Waals surface area contributed by atoms with E-state index in [0.29, 0.717) is 0 Å². The molecule has 0 aromatic carbocycles. The fraction of sp³-hybridized carbons (Fsp3) is 0. The average molecular weight is 206 g/mol. The van der Waals surface area contributed by atoms with Crippen molar-refractivity contribution in [2.45, 2.75) is 0 Å². The van der Waals surface area contributed by atoms with Gasteiger partial charge in [0.1, 0.15) is 0 Å². The summed E-state index contributed by atoms with van der Waals surface area (Å²) in [5.41, 5.74) is 0. The van der Waals surface area contributed by atoms with Crippen LogP contribution in [0.1, 0.15) is 1.43 Å². The van der Waals surface area contributed by atoms with Crippen LogP contribution < -0.4 is 0 Å². The molecule has 0 rings (SSSR count). The summed E-state index contributed by atoms with van der Waals surface area (Å²) in [5, 5.41) is 22.1. The zero-order valence-electron chi connectivity index (χ0n) is 6.30. The molecule has 10 nitrogen and oxygen atoms in total. The van der Waals surface area contributed by atoms with Crippen molar-refractivity contribution in [1.82, 2.24) is 0 Å². The topological polar surface area (TPSA) is 230 Å². The van der Waals surface area contributed by atoms with Gasteiger partial charge >= 0.3 is 50.9 Å². The van der Waals surface area contributed by atoms with E-state index in [0.717, 1.165) is 0 Å². The molecule has 13 heteroatoms. The SMILES string of the molecule is O.O.O.O.O=BB(O)O.O=BOO.[HH]. The van der Waals surface area contributed by atoms with E-state index in [4.69, 9.17) is 24.7 Å². The second-order valence-corrected chi connectivity index (χ2v) is 0.751. The molecule has 11 N–H and O–H groups in total. The van der Waals surface area contributed by atoms with Gasteiger partial charge in [-0.25, -0.2) is 0 Å². The maximum atomic E-state index is 9.00. The van der Waals surface area contributed by atoms with Crippen molar-refractivity contribution >= 4 is 21.4 Å². The molecule has 0 saturated heterocycles. The van der Waals surface area contributed by atoms with Crippen molar-refractivity contribution in [3.8, 4) is 0 Å². The third-order valence-electron chi connectivity index (χ3n) is 0.165. The first-order valence-corrected chi connectivity index (χ1v) is 1.74. The molecule has 0 spiro atoms. The van der Waals surface area contributed by atoms with E-state index in [2.05, 4.69) is 4.81 Å². The summed E-state index contributed by atoms with van der Waals surface area (Å²) in [6.45, 7) is 0. The van der Waals surface area contributed by atoms with Gasteiger partial charge in [0, 0.05) is 1.43 Å². The first-order chi connectivity index (χ1) is 4.18. The number of rotatable bonds is 2. The summed E-state index contributed by atoms with van der Waals surface area (Å²) in [7, 11) is -1.84. The minimum Gasteiger partial charge on any atom is 0 e. The molecule has 0 unspecified atom stereocenters. The van der Waals surface area contributed by atoms with E-state index in [9.17, 15) is 0 Å². The zero-order valence-corrected chi connectivity index (χ0v) is 6.30. The molecule has 0 bridgehead atoms. The summed E-state index contributed by atoms with van der Waals surface area (Å²) in [6, 6.07) is 0. The van der Waals surface area contributed by atoms with Gasteiger partial charge in [0.25, 0.3) is 0 Å². The van der Waals surface area contributed by atoms with Crippen LogP contribution in [0.3, 0.4) is 0 Å². The van der Waals surface area contributed by atoms with Gasteiger partial charge in [0.15, 0.2) is 0 Å². The standard InChI is InChI=1S/B2H2O3.BHO3.4H2O.H2/c3-1-2(4)5;2-1-4-3;;;;;/h4-5H;3H;4*1H2;1H. The summed E-state index contributed by atoms with van der Waals surface area (Å²) in [4.78, 5) is 2.86. The molecule has 0 radical (unpaired) electrons. The quantitative estimate of drug-likeness (QED) is 0.226. The molecular weight excluding hydrogens is 192 g/mol. The summed E-state index contributed by atoms with van der Waals surface area (Å²) in [6.07, 6.45) is 0. The maximum absolute atomic E-state index is 9.00. The normalized spacial score (nSPS) is 3.62. The molecule has 0 saturated carbocycles. The Labute approximate surface area is 75.5 Å². The molecule has 0 aliphatic rings. The molecule has 0 fully saturated rings. The van der Waals surface area contributed by atoms with E-state index < -0.39 is 7.01 Å². The van der Waals surface area contributed by atoms with E-state index in [1.165, 1.54) is 0 Å². The minimum absolute atomic E-state index is 0. The van der Waals surface area contributed by atoms with Crippen LogP contribution in [-0.2, 0) is 14.2 Å². The van der Waals surface area contributed by atoms with Crippen molar-refractivity contribution in [2.75, 3.05) is 0 Å². The van der Waals surface area contributed by atoms with Crippen molar-refractivity contribution < 1.29 is 52.9 Å². The fourth-order valence-corrected chi connectivity index (χ4v) is 0. The van der Waals surface area contributed by atoms with Crippen molar-refractivity contribution in [1.29, 1.82) is 0 Å². The third kappa shape index (κ3) is 183. The van der Waals surface area contributed by atoms with Crippen molar-refractivity contribution in [3.63, 3.8) is 0 Å². The average Bonchev–Trinajstić information content (AvgIpc) is 1.89. The smallest absolute Gasteiger partial charge is 0 e. The monoisotopic (exact) mass is 206 g/mol. The van der Waals surface area contributed by atoms with Crippen LogP contribution in [0.4, 0.5) is 0 Å². The predicted molar refractivity (Wildman–Crippen MR) is 43.4 cm³/mol. The van der Waals surface area contributed by atoms with Gasteiger partial charge in [-0.05, 0) is 0 Å². The van der Waals surface area contributed by atoms with E-state index in [-0.39, 0.29) is 37.7 Å². The van der Waals surface area contributed by atoms with Crippen LogP contribution >= 0.6 is 0 Å². The zero-order chi connectivity index (χ0) is 7.70. The third-order valence-corrected chi connectivity index (χ3v) is 0.165. The van der Waals surface area contributed by atoms with E-state index in [1.54, 1.807) is 0 Å². The first kappa shape index (κ1) is 39.5. The van der Waals surface area contributed by atoms with E-state index >= 15 is 0 Å². The van der Waals surface area contributed by atoms with Crippen molar-refractivity contribution in [2.24, 2.45) is 0 Å². The van der Waals surface area contributed by atoms with Crippen LogP contribution in [-0.4, -0.2) is 58.6 Å². The Morgan fingerprint density at radius 2 is 1.23 bits per heavy atom. The van der Waals surface area contributed by atoms with Gasteiger partial charge in [-0.3, -0.25) is 0 Å². The maximum Gasteiger partial charge on any atom is 0 e. The molecule has 0 aromatic heterocycles. The van der Waals surface area contributed by atoms with Crippen molar-refractivity contribution in [3.05, 3.63) is 0 Å². The Morgan fingerprint density at radius 3 is 1.23 bits per heavy atom. The van der Waals surface area contributed by atoms with Gasteiger partial charge in [0.05, 0.1) is 0 Å². The van der Waals surface area contributed by atoms with Gasteiger partial charge in [0.2, 0.25) is 0 Å². The summed E-state index contributed by atoms with van der Waals surface area (Å²) in [5.74, 6) is 0. The number of hydrogen-bond donors (Lipinski definition) is 3. The van der Waals surface area contributed by atoms with Gasteiger partial charge in [-0.1, -0.05) is 0 Å². The van der Waals surface area contributed by atoms with Crippen LogP contribution in [0.2, 0.25) is 0 Å². The Balaban J connectivity index is -0.0000000104. The Bertz CT molecular complexity index is 75.8. The minimum atomic E-state index is -1.80. The van der Waals surface area contributed by atoms with Gasteiger partial charge in [-0.2, -0.15) is 0 Å². The second-order valence-electron chi connectivity index (χ2n) is 0.751. The fourth-order valence-electron chi connectivity index (χ4n) is 0. The Hall–Kier alpha value is -0.685. The molecule has 0 amide bonds. The second kappa shape index (κ2) is 42.6. The molecule has 0 aromatic rings. The molecule has 0 heterocycles. The molecular formula is H13B3O10. The van der Waals surface area contributed by atoms with Gasteiger partial charge < -0.3 is 21.9 Å². The molecule has 13 heavy (non-hydrogen) atoms. The van der Waals surface area contributed by atoms with Crippen LogP contribution in [0.5, 0.6) is 0 Å². The van der Waals surface area contributed by atoms with Gasteiger partial charge in [-0.15, -0.1) is 0 Å². The van der Waals surface area contributed by atoms with Crippen LogP contribution in [0, 0.1) is 0 Å². The molecule has 82 valence electrons. The molecule has 0 atom stereocenters. The number of hydrogen-bond acceptors (Lipinski definition) is 6. The van der Waals surface area contributed by atoms with Crippen LogP contribution in [0.15, 0.2) is 0 Å². The van der Waals surface area contributed by atoms with E-state index in [1.807, 2.05) is 0 Å². The first-order valence-electron chi connectivity index (χ1n) is 1.74. The Morgan fingerprint density at radius 1 is 1.08 bits per heavy atom. The molecule has 0 aliphatic heterocycles. The summed E-state index contributed by atoms with van der Waals surface area (Å²) < 4.78 is 17.7. The predicted octanol–water partition coefficient (Wildman–Crippen LogP) is -5.61. The Kier molecular flexibility index (Phi) is 130. The summed E-state index contributed by atoms with van der Waals surface area (Å²) >= 11 is 0. The van der Waals surface area contributed by atoms with Crippen LogP contribution in [0.25, 0.3) is 0 Å².